The molecule has 0 aliphatic carbocycles. The van der Waals surface area contributed by atoms with Crippen LogP contribution in [-0.2, 0) is 9.53 Å². The fourth-order valence-electron chi connectivity index (χ4n) is 1.88. The largest absolute Gasteiger partial charge is 0.479 e. The molecule has 1 fully saturated rings. The van der Waals surface area contributed by atoms with E-state index in [0.717, 1.165) is 0 Å². The summed E-state index contributed by atoms with van der Waals surface area (Å²) in [4.78, 5) is 14.9. The van der Waals surface area contributed by atoms with Gasteiger partial charge in [0.15, 0.2) is 6.10 Å². The van der Waals surface area contributed by atoms with E-state index < -0.39 is 18.2 Å². The lowest BCUT2D eigenvalue weighted by molar-refractivity contribution is -0.150. The number of carbonyl (C=O) groups is 1. The van der Waals surface area contributed by atoms with Gasteiger partial charge in [-0.15, -0.1) is 0 Å². The molecule has 3 heterocycles. The SMILES string of the molecule is O=C(O)C1CCC(c2nc(-c3ccoc3)no2)O1. The van der Waals surface area contributed by atoms with Crippen LogP contribution in [0.2, 0.25) is 0 Å². The first-order valence-electron chi connectivity index (χ1n) is 5.48. The summed E-state index contributed by atoms with van der Waals surface area (Å²) in [5.74, 6) is -0.261. The summed E-state index contributed by atoms with van der Waals surface area (Å²) in [5, 5.41) is 12.6. The Kier molecular flexibility index (Phi) is 2.60. The predicted molar refractivity (Wildman–Crippen MR) is 56.5 cm³/mol. The van der Waals surface area contributed by atoms with Crippen molar-refractivity contribution in [1.82, 2.24) is 10.1 Å². The van der Waals surface area contributed by atoms with Gasteiger partial charge < -0.3 is 18.8 Å². The van der Waals surface area contributed by atoms with Crippen LogP contribution in [-0.4, -0.2) is 27.3 Å². The molecule has 2 aromatic heterocycles. The minimum atomic E-state index is -0.966. The average molecular weight is 250 g/mol. The van der Waals surface area contributed by atoms with Crippen LogP contribution in [0.25, 0.3) is 11.4 Å². The van der Waals surface area contributed by atoms with Crippen LogP contribution in [0.5, 0.6) is 0 Å². The van der Waals surface area contributed by atoms with Crippen LogP contribution >= 0.6 is 0 Å². The molecule has 0 spiro atoms. The zero-order valence-corrected chi connectivity index (χ0v) is 9.28. The third-order valence-electron chi connectivity index (χ3n) is 2.79. The molecule has 0 aromatic carbocycles. The maximum atomic E-state index is 10.8. The van der Waals surface area contributed by atoms with Crippen molar-refractivity contribution in [2.24, 2.45) is 0 Å². The van der Waals surface area contributed by atoms with Gasteiger partial charge in [-0.1, -0.05) is 5.16 Å². The molecule has 3 rings (SSSR count). The summed E-state index contributed by atoms with van der Waals surface area (Å²) >= 11 is 0. The van der Waals surface area contributed by atoms with Crippen molar-refractivity contribution in [3.05, 3.63) is 24.5 Å². The molecular formula is C11H10N2O5. The number of carboxylic acid groups (broad SMARTS) is 1. The second-order valence-electron chi connectivity index (χ2n) is 4.00. The van der Waals surface area contributed by atoms with E-state index in [1.807, 2.05) is 0 Å². The van der Waals surface area contributed by atoms with Gasteiger partial charge in [0, 0.05) is 0 Å². The van der Waals surface area contributed by atoms with Crippen molar-refractivity contribution in [3.63, 3.8) is 0 Å². The Morgan fingerprint density at radius 1 is 1.44 bits per heavy atom. The minimum absolute atomic E-state index is 0.301. The van der Waals surface area contributed by atoms with Crippen molar-refractivity contribution < 1.29 is 23.6 Å². The number of ether oxygens (including phenoxy) is 1. The number of carboxylic acids is 1. The molecule has 0 bridgehead atoms. The number of aromatic nitrogens is 2. The number of hydrogen-bond acceptors (Lipinski definition) is 6. The third-order valence-corrected chi connectivity index (χ3v) is 2.79. The van der Waals surface area contributed by atoms with Gasteiger partial charge in [0.2, 0.25) is 5.82 Å². The average Bonchev–Trinajstić information content (AvgIpc) is 3.10. The van der Waals surface area contributed by atoms with E-state index in [1.54, 1.807) is 6.07 Å². The molecule has 7 heteroatoms. The summed E-state index contributed by atoms with van der Waals surface area (Å²) < 4.78 is 15.3. The predicted octanol–water partition coefficient (Wildman–Crippen LogP) is 1.63. The molecule has 2 aromatic rings. The number of aliphatic carboxylic acids is 1. The second-order valence-corrected chi connectivity index (χ2v) is 4.00. The van der Waals surface area contributed by atoms with E-state index >= 15 is 0 Å². The Bertz CT molecular complexity index is 548. The quantitative estimate of drug-likeness (QED) is 0.883. The highest BCUT2D eigenvalue weighted by Crippen LogP contribution is 2.32. The van der Waals surface area contributed by atoms with Crippen LogP contribution in [0.15, 0.2) is 27.5 Å². The highest BCUT2D eigenvalue weighted by molar-refractivity contribution is 5.72. The third kappa shape index (κ3) is 1.88. The standard InChI is InChI=1S/C11H10N2O5/c14-11(15)8-2-1-7(17-8)10-12-9(13-18-10)6-3-4-16-5-6/h3-5,7-8H,1-2H2,(H,14,15). The van der Waals surface area contributed by atoms with Crippen LogP contribution in [0.3, 0.4) is 0 Å². The van der Waals surface area contributed by atoms with Crippen molar-refractivity contribution >= 4 is 5.97 Å². The van der Waals surface area contributed by atoms with Gasteiger partial charge in [0.25, 0.3) is 5.89 Å². The lowest BCUT2D eigenvalue weighted by Crippen LogP contribution is -2.18. The van der Waals surface area contributed by atoms with Crippen molar-refractivity contribution in [2.75, 3.05) is 0 Å². The van der Waals surface area contributed by atoms with E-state index in [4.69, 9.17) is 18.8 Å². The van der Waals surface area contributed by atoms with Gasteiger partial charge in [-0.3, -0.25) is 0 Å². The first-order valence-corrected chi connectivity index (χ1v) is 5.48. The molecule has 94 valence electrons. The molecule has 1 aliphatic rings. The highest BCUT2D eigenvalue weighted by Gasteiger charge is 2.34. The molecule has 0 saturated carbocycles. The van der Waals surface area contributed by atoms with Gasteiger partial charge in [-0.25, -0.2) is 4.79 Å². The zero-order chi connectivity index (χ0) is 12.5. The molecule has 2 atom stereocenters. The van der Waals surface area contributed by atoms with Gasteiger partial charge in [0.1, 0.15) is 12.4 Å². The smallest absolute Gasteiger partial charge is 0.332 e. The first-order chi connectivity index (χ1) is 8.74. The molecule has 1 N–H and O–H groups in total. The molecule has 0 amide bonds. The van der Waals surface area contributed by atoms with E-state index in [9.17, 15) is 4.79 Å². The molecule has 7 nitrogen and oxygen atoms in total. The maximum absolute atomic E-state index is 10.8. The van der Waals surface area contributed by atoms with Crippen molar-refractivity contribution in [3.8, 4) is 11.4 Å². The lowest BCUT2D eigenvalue weighted by atomic mass is 10.2. The molecule has 0 radical (unpaired) electrons. The summed E-state index contributed by atoms with van der Waals surface area (Å²) in [7, 11) is 0. The van der Waals surface area contributed by atoms with Crippen LogP contribution in [0.1, 0.15) is 24.8 Å². The molecule has 1 saturated heterocycles. The van der Waals surface area contributed by atoms with E-state index in [-0.39, 0.29) is 0 Å². The fourth-order valence-corrected chi connectivity index (χ4v) is 1.88. The summed E-state index contributed by atoms with van der Waals surface area (Å²) in [5.41, 5.74) is 0.706. The van der Waals surface area contributed by atoms with E-state index in [1.165, 1.54) is 12.5 Å². The maximum Gasteiger partial charge on any atom is 0.332 e. The Morgan fingerprint density at radius 3 is 3.00 bits per heavy atom. The number of rotatable bonds is 3. The molecular weight excluding hydrogens is 240 g/mol. The monoisotopic (exact) mass is 250 g/mol. The van der Waals surface area contributed by atoms with E-state index in [0.29, 0.717) is 30.1 Å². The van der Waals surface area contributed by atoms with Gasteiger partial charge >= 0.3 is 5.97 Å². The second kappa shape index (κ2) is 4.26. The lowest BCUT2D eigenvalue weighted by Gasteiger charge is -2.05. The number of nitrogens with zero attached hydrogens (tertiary/aromatic N) is 2. The topological polar surface area (TPSA) is 98.6 Å². The first kappa shape index (κ1) is 11.0. The Hall–Kier alpha value is -2.15. The fraction of sp³-hybridized carbons (Fsp3) is 0.364. The van der Waals surface area contributed by atoms with Gasteiger partial charge in [-0.05, 0) is 18.9 Å². The van der Waals surface area contributed by atoms with Crippen LogP contribution < -0.4 is 0 Å². The Labute approximate surface area is 101 Å². The Balaban J connectivity index is 1.77. The van der Waals surface area contributed by atoms with Crippen molar-refractivity contribution in [2.45, 2.75) is 25.0 Å². The number of furan rings is 1. The normalized spacial score (nSPS) is 23.3. The van der Waals surface area contributed by atoms with E-state index in [2.05, 4.69) is 10.1 Å². The molecule has 2 unspecified atom stereocenters. The highest BCUT2D eigenvalue weighted by atomic mass is 16.5. The zero-order valence-electron chi connectivity index (χ0n) is 9.28. The summed E-state index contributed by atoms with van der Waals surface area (Å²) in [6, 6.07) is 1.71. The minimum Gasteiger partial charge on any atom is -0.479 e. The Morgan fingerprint density at radius 2 is 2.33 bits per heavy atom. The van der Waals surface area contributed by atoms with Gasteiger partial charge in [-0.2, -0.15) is 4.98 Å². The van der Waals surface area contributed by atoms with Crippen LogP contribution in [0, 0.1) is 0 Å². The van der Waals surface area contributed by atoms with Crippen molar-refractivity contribution in [1.29, 1.82) is 0 Å². The van der Waals surface area contributed by atoms with Crippen LogP contribution in [0.4, 0.5) is 0 Å². The summed E-state index contributed by atoms with van der Waals surface area (Å²) in [6.07, 6.45) is 2.79. The summed E-state index contributed by atoms with van der Waals surface area (Å²) in [6.45, 7) is 0. The molecule has 1 aliphatic heterocycles. The van der Waals surface area contributed by atoms with Gasteiger partial charge in [0.05, 0.1) is 11.8 Å². The molecule has 18 heavy (non-hydrogen) atoms. The number of hydrogen-bond donors (Lipinski definition) is 1.